The molecule has 1 fully saturated rings. The number of rotatable bonds is 7. The summed E-state index contributed by atoms with van der Waals surface area (Å²) in [4.78, 5) is 2.76. The zero-order valence-electron chi connectivity index (χ0n) is 13.0. The summed E-state index contributed by atoms with van der Waals surface area (Å²) in [5.74, 6) is 0.752. The van der Waals surface area contributed by atoms with Crippen molar-refractivity contribution in [2.45, 2.75) is 84.2 Å². The van der Waals surface area contributed by atoms with Crippen LogP contribution in [0, 0.1) is 5.92 Å². The molecule has 0 spiro atoms. The van der Waals surface area contributed by atoms with Gasteiger partial charge in [0.25, 0.3) is 0 Å². The van der Waals surface area contributed by atoms with E-state index in [2.05, 4.69) is 32.6 Å². The Morgan fingerprint density at radius 2 is 2.06 bits per heavy atom. The summed E-state index contributed by atoms with van der Waals surface area (Å²) in [6, 6.07) is 0.667. The van der Waals surface area contributed by atoms with Crippen LogP contribution in [0.15, 0.2) is 0 Å². The van der Waals surface area contributed by atoms with Crippen LogP contribution in [0.5, 0.6) is 0 Å². The van der Waals surface area contributed by atoms with Crippen molar-refractivity contribution in [1.29, 1.82) is 0 Å². The first kappa shape index (κ1) is 16.0. The highest BCUT2D eigenvalue weighted by molar-refractivity contribution is 4.99. The van der Waals surface area contributed by atoms with E-state index in [9.17, 15) is 0 Å². The van der Waals surface area contributed by atoms with Crippen LogP contribution in [0.4, 0.5) is 0 Å². The monoisotopic (exact) mass is 254 g/mol. The molecule has 0 amide bonds. The maximum Gasteiger partial charge on any atom is 0.0360 e. The summed E-state index contributed by atoms with van der Waals surface area (Å²) in [7, 11) is 0. The minimum absolute atomic E-state index is 0.281. The minimum atomic E-state index is 0.281. The van der Waals surface area contributed by atoms with Gasteiger partial charge in [-0.3, -0.25) is 4.90 Å². The first-order valence-corrected chi connectivity index (χ1v) is 8.09. The Kier molecular flexibility index (Phi) is 6.65. The van der Waals surface area contributed by atoms with Crippen LogP contribution in [0.25, 0.3) is 0 Å². The summed E-state index contributed by atoms with van der Waals surface area (Å²) in [6.07, 6.45) is 9.24. The summed E-state index contributed by atoms with van der Waals surface area (Å²) in [5, 5.41) is 0. The quantitative estimate of drug-likeness (QED) is 0.749. The van der Waals surface area contributed by atoms with Crippen LogP contribution < -0.4 is 5.73 Å². The zero-order valence-corrected chi connectivity index (χ0v) is 13.0. The fourth-order valence-corrected chi connectivity index (χ4v) is 3.67. The van der Waals surface area contributed by atoms with Crippen molar-refractivity contribution < 1.29 is 0 Å². The fourth-order valence-electron chi connectivity index (χ4n) is 3.67. The van der Waals surface area contributed by atoms with Gasteiger partial charge in [0.1, 0.15) is 0 Å². The van der Waals surface area contributed by atoms with Gasteiger partial charge in [-0.1, -0.05) is 40.0 Å². The molecule has 0 aliphatic heterocycles. The molecule has 3 unspecified atom stereocenters. The Balaban J connectivity index is 2.89. The molecular formula is C16H34N2. The third-order valence-corrected chi connectivity index (χ3v) is 5.22. The molecule has 0 aromatic heterocycles. The Labute approximate surface area is 114 Å². The van der Waals surface area contributed by atoms with E-state index in [0.29, 0.717) is 6.04 Å². The molecule has 2 N–H and O–H groups in total. The molecule has 1 aliphatic carbocycles. The van der Waals surface area contributed by atoms with Crippen LogP contribution in [0.3, 0.4) is 0 Å². The molecule has 18 heavy (non-hydrogen) atoms. The number of hydrogen-bond acceptors (Lipinski definition) is 2. The predicted molar refractivity (Wildman–Crippen MR) is 80.8 cm³/mol. The molecule has 0 aromatic rings. The van der Waals surface area contributed by atoms with Crippen molar-refractivity contribution in [1.82, 2.24) is 4.90 Å². The van der Waals surface area contributed by atoms with Gasteiger partial charge < -0.3 is 5.73 Å². The lowest BCUT2D eigenvalue weighted by Crippen LogP contribution is -2.62. The van der Waals surface area contributed by atoms with Gasteiger partial charge in [-0.25, -0.2) is 0 Å². The van der Waals surface area contributed by atoms with Crippen molar-refractivity contribution in [2.24, 2.45) is 11.7 Å². The van der Waals surface area contributed by atoms with Crippen LogP contribution in [0.2, 0.25) is 0 Å². The Bertz CT molecular complexity index is 229. The van der Waals surface area contributed by atoms with E-state index in [1.807, 2.05) is 0 Å². The number of unbranched alkanes of at least 4 members (excludes halogenated alkanes) is 1. The van der Waals surface area contributed by atoms with Gasteiger partial charge in [0, 0.05) is 18.1 Å². The van der Waals surface area contributed by atoms with Crippen LogP contribution in [-0.2, 0) is 0 Å². The molecule has 1 saturated carbocycles. The SMILES string of the molecule is CCCCN(C(C)CC)C1(CN)CCCCC1C. The zero-order chi connectivity index (χ0) is 13.6. The Morgan fingerprint density at radius 3 is 2.56 bits per heavy atom. The molecule has 3 atom stereocenters. The Hall–Kier alpha value is -0.0800. The lowest BCUT2D eigenvalue weighted by atomic mass is 9.71. The van der Waals surface area contributed by atoms with Crippen molar-refractivity contribution in [3.8, 4) is 0 Å². The van der Waals surface area contributed by atoms with E-state index in [1.54, 1.807) is 0 Å². The largest absolute Gasteiger partial charge is 0.329 e. The lowest BCUT2D eigenvalue weighted by molar-refractivity contribution is -0.0158. The van der Waals surface area contributed by atoms with Crippen molar-refractivity contribution in [3.63, 3.8) is 0 Å². The molecule has 0 saturated heterocycles. The van der Waals surface area contributed by atoms with E-state index in [-0.39, 0.29) is 5.54 Å². The van der Waals surface area contributed by atoms with Gasteiger partial charge in [-0.05, 0) is 45.1 Å². The van der Waals surface area contributed by atoms with Crippen LogP contribution >= 0.6 is 0 Å². The first-order chi connectivity index (χ1) is 8.62. The molecule has 2 heteroatoms. The summed E-state index contributed by atoms with van der Waals surface area (Å²) >= 11 is 0. The molecule has 2 nitrogen and oxygen atoms in total. The highest BCUT2D eigenvalue weighted by Crippen LogP contribution is 2.39. The van der Waals surface area contributed by atoms with Gasteiger partial charge in [0.2, 0.25) is 0 Å². The van der Waals surface area contributed by atoms with E-state index < -0.39 is 0 Å². The molecule has 0 radical (unpaired) electrons. The summed E-state index contributed by atoms with van der Waals surface area (Å²) in [5.41, 5.74) is 6.53. The number of nitrogens with two attached hydrogens (primary N) is 1. The second kappa shape index (κ2) is 7.49. The maximum absolute atomic E-state index is 6.25. The van der Waals surface area contributed by atoms with Crippen LogP contribution in [0.1, 0.15) is 72.6 Å². The lowest BCUT2D eigenvalue weighted by Gasteiger charge is -2.52. The molecule has 108 valence electrons. The Morgan fingerprint density at radius 1 is 1.33 bits per heavy atom. The normalized spacial score (nSPS) is 30.7. The van der Waals surface area contributed by atoms with Crippen molar-refractivity contribution in [2.75, 3.05) is 13.1 Å². The second-order valence-electron chi connectivity index (χ2n) is 6.26. The standard InChI is InChI=1S/C16H34N2/c1-5-7-12-18(15(4)6-2)16(13-17)11-9-8-10-14(16)3/h14-15H,5-13,17H2,1-4H3. The van der Waals surface area contributed by atoms with E-state index in [0.717, 1.165) is 12.5 Å². The number of nitrogens with zero attached hydrogens (tertiary/aromatic N) is 1. The summed E-state index contributed by atoms with van der Waals surface area (Å²) in [6.45, 7) is 11.5. The van der Waals surface area contributed by atoms with Gasteiger partial charge in [0.15, 0.2) is 0 Å². The van der Waals surface area contributed by atoms with Gasteiger partial charge in [-0.2, -0.15) is 0 Å². The molecular weight excluding hydrogens is 220 g/mol. The third-order valence-electron chi connectivity index (χ3n) is 5.22. The molecule has 0 aromatic carbocycles. The fraction of sp³-hybridized carbons (Fsp3) is 1.00. The minimum Gasteiger partial charge on any atom is -0.329 e. The van der Waals surface area contributed by atoms with Gasteiger partial charge >= 0.3 is 0 Å². The smallest absolute Gasteiger partial charge is 0.0360 e. The average molecular weight is 254 g/mol. The first-order valence-electron chi connectivity index (χ1n) is 8.09. The van der Waals surface area contributed by atoms with E-state index in [4.69, 9.17) is 5.73 Å². The number of hydrogen-bond donors (Lipinski definition) is 1. The predicted octanol–water partition coefficient (Wildman–Crippen LogP) is 3.79. The second-order valence-corrected chi connectivity index (χ2v) is 6.26. The molecule has 1 rings (SSSR count). The van der Waals surface area contributed by atoms with Gasteiger partial charge in [-0.15, -0.1) is 0 Å². The molecule has 1 aliphatic rings. The topological polar surface area (TPSA) is 29.3 Å². The van der Waals surface area contributed by atoms with Crippen LogP contribution in [-0.4, -0.2) is 29.6 Å². The highest BCUT2D eigenvalue weighted by atomic mass is 15.2. The van der Waals surface area contributed by atoms with Gasteiger partial charge in [0.05, 0.1) is 0 Å². The molecule has 0 heterocycles. The average Bonchev–Trinajstić information content (AvgIpc) is 2.40. The van der Waals surface area contributed by atoms with E-state index >= 15 is 0 Å². The highest BCUT2D eigenvalue weighted by Gasteiger charge is 2.43. The van der Waals surface area contributed by atoms with Crippen molar-refractivity contribution >= 4 is 0 Å². The van der Waals surface area contributed by atoms with E-state index in [1.165, 1.54) is 51.5 Å². The van der Waals surface area contributed by atoms with Crippen molar-refractivity contribution in [3.05, 3.63) is 0 Å². The maximum atomic E-state index is 6.25. The molecule has 0 bridgehead atoms. The third kappa shape index (κ3) is 3.27. The summed E-state index contributed by atoms with van der Waals surface area (Å²) < 4.78 is 0.